The number of carbonyl (C=O) groups is 2. The molecule has 2 aromatic carbocycles. The van der Waals surface area contributed by atoms with E-state index < -0.39 is 0 Å². The lowest BCUT2D eigenvalue weighted by Crippen LogP contribution is -2.41. The third kappa shape index (κ3) is 5.92. The number of hydrogen-bond acceptors (Lipinski definition) is 4. The van der Waals surface area contributed by atoms with Gasteiger partial charge in [-0.25, -0.2) is 0 Å². The molecule has 0 saturated carbocycles. The highest BCUT2D eigenvalue weighted by atomic mass is 16.2. The Morgan fingerprint density at radius 1 is 0.967 bits per heavy atom. The third-order valence-corrected chi connectivity index (χ3v) is 4.72. The second-order valence-corrected chi connectivity index (χ2v) is 6.95. The first-order valence-electron chi connectivity index (χ1n) is 9.75. The first-order chi connectivity index (χ1) is 14.5. The minimum absolute atomic E-state index is 0.0219. The van der Waals surface area contributed by atoms with Gasteiger partial charge in [0.05, 0.1) is 13.1 Å². The molecule has 0 fully saturated rings. The Bertz CT molecular complexity index is 1030. The minimum atomic E-state index is -0.248. The number of nitrogens with one attached hydrogen (secondary N) is 5. The average Bonchev–Trinajstić information content (AvgIpc) is 3.16. The van der Waals surface area contributed by atoms with Gasteiger partial charge in [0.1, 0.15) is 5.84 Å². The lowest BCUT2D eigenvalue weighted by Gasteiger charge is -2.08. The number of amides is 2. The molecule has 1 heterocycles. The number of para-hydroxylation sites is 1. The molecule has 30 heavy (non-hydrogen) atoms. The molecule has 0 saturated heterocycles. The van der Waals surface area contributed by atoms with Gasteiger partial charge in [0.15, 0.2) is 0 Å². The van der Waals surface area contributed by atoms with E-state index in [1.54, 1.807) is 12.1 Å². The number of amidine groups is 1. The zero-order valence-electron chi connectivity index (χ0n) is 16.6. The van der Waals surface area contributed by atoms with Crippen LogP contribution < -0.4 is 21.7 Å². The summed E-state index contributed by atoms with van der Waals surface area (Å²) in [6.45, 7) is 1.06. The molecule has 8 nitrogen and oxygen atoms in total. The number of benzene rings is 2. The molecular weight excluding hydrogens is 380 g/mol. The van der Waals surface area contributed by atoms with E-state index in [-0.39, 0.29) is 30.7 Å². The molecule has 0 aliphatic carbocycles. The Morgan fingerprint density at radius 2 is 1.70 bits per heavy atom. The lowest BCUT2D eigenvalue weighted by molar-refractivity contribution is -0.125. The second-order valence-electron chi connectivity index (χ2n) is 6.95. The summed E-state index contributed by atoms with van der Waals surface area (Å²) in [5.41, 5.74) is 9.28. The fraction of sp³-hybridized carbons (Fsp3) is 0.227. The Balaban J connectivity index is 1.30. The summed E-state index contributed by atoms with van der Waals surface area (Å²) in [7, 11) is 0. The number of aromatic nitrogens is 1. The number of carbonyl (C=O) groups excluding carboxylic acids is 2. The van der Waals surface area contributed by atoms with E-state index in [1.165, 1.54) is 0 Å². The Hall–Kier alpha value is -3.65. The molecule has 0 aliphatic heterocycles. The van der Waals surface area contributed by atoms with Crippen molar-refractivity contribution >= 4 is 28.6 Å². The fourth-order valence-electron chi connectivity index (χ4n) is 3.10. The number of hydrogen-bond donors (Lipinski definition) is 6. The van der Waals surface area contributed by atoms with Gasteiger partial charge in [0.25, 0.3) is 0 Å². The van der Waals surface area contributed by atoms with Gasteiger partial charge in [-0.3, -0.25) is 15.0 Å². The van der Waals surface area contributed by atoms with Crippen LogP contribution in [0.15, 0.2) is 54.7 Å². The van der Waals surface area contributed by atoms with E-state index in [1.807, 2.05) is 42.6 Å². The summed E-state index contributed by atoms with van der Waals surface area (Å²) in [5, 5.41) is 17.0. The van der Waals surface area contributed by atoms with Gasteiger partial charge in [0.2, 0.25) is 11.8 Å². The second kappa shape index (κ2) is 10.2. The first-order valence-corrected chi connectivity index (χ1v) is 9.75. The number of aromatic amines is 1. The van der Waals surface area contributed by atoms with E-state index in [9.17, 15) is 9.59 Å². The molecule has 0 atom stereocenters. The Kier molecular flexibility index (Phi) is 7.18. The molecule has 0 aliphatic rings. The topological polar surface area (TPSA) is 136 Å². The van der Waals surface area contributed by atoms with Gasteiger partial charge in [-0.15, -0.1) is 0 Å². The zero-order valence-corrected chi connectivity index (χ0v) is 16.6. The molecule has 7 N–H and O–H groups in total. The van der Waals surface area contributed by atoms with Gasteiger partial charge < -0.3 is 26.7 Å². The zero-order chi connectivity index (χ0) is 21.3. The maximum atomic E-state index is 11.9. The van der Waals surface area contributed by atoms with E-state index in [4.69, 9.17) is 11.1 Å². The molecule has 8 heteroatoms. The summed E-state index contributed by atoms with van der Waals surface area (Å²) in [4.78, 5) is 27.0. The maximum Gasteiger partial charge on any atom is 0.239 e. The van der Waals surface area contributed by atoms with E-state index >= 15 is 0 Å². The number of nitrogens with two attached hydrogens (primary N) is 1. The number of fused-ring (bicyclic) bond motifs is 1. The van der Waals surface area contributed by atoms with Gasteiger partial charge in [0, 0.05) is 35.8 Å². The molecule has 0 spiro atoms. The minimum Gasteiger partial charge on any atom is -0.384 e. The third-order valence-electron chi connectivity index (χ3n) is 4.72. The quantitative estimate of drug-likeness (QED) is 0.221. The summed E-state index contributed by atoms with van der Waals surface area (Å²) in [6, 6.07) is 15.3. The predicted molar refractivity (Wildman–Crippen MR) is 117 cm³/mol. The normalized spacial score (nSPS) is 10.7. The van der Waals surface area contributed by atoms with Crippen LogP contribution in [0.4, 0.5) is 0 Å². The van der Waals surface area contributed by atoms with Crippen molar-refractivity contribution < 1.29 is 9.59 Å². The van der Waals surface area contributed by atoms with Crippen LogP contribution in [-0.2, 0) is 22.6 Å². The SMILES string of the molecule is N=C(N)c1ccc(CNCC(=O)NCC(=O)NCCc2c[nH]c3ccccc23)cc1. The van der Waals surface area contributed by atoms with Crippen molar-refractivity contribution in [3.8, 4) is 0 Å². The van der Waals surface area contributed by atoms with Crippen molar-refractivity contribution in [2.45, 2.75) is 13.0 Å². The van der Waals surface area contributed by atoms with Crippen LogP contribution >= 0.6 is 0 Å². The number of H-pyrrole nitrogens is 1. The van der Waals surface area contributed by atoms with Crippen molar-refractivity contribution in [3.63, 3.8) is 0 Å². The average molecular weight is 406 g/mol. The fourth-order valence-corrected chi connectivity index (χ4v) is 3.10. The molecule has 0 radical (unpaired) electrons. The van der Waals surface area contributed by atoms with Crippen LogP contribution in [0, 0.1) is 5.41 Å². The highest BCUT2D eigenvalue weighted by Crippen LogP contribution is 2.17. The van der Waals surface area contributed by atoms with Gasteiger partial charge in [-0.2, -0.15) is 0 Å². The summed E-state index contributed by atoms with van der Waals surface area (Å²) >= 11 is 0. The maximum absolute atomic E-state index is 11.9. The molecule has 3 rings (SSSR count). The molecule has 156 valence electrons. The molecule has 1 aromatic heterocycles. The van der Waals surface area contributed by atoms with Crippen molar-refractivity contribution in [1.82, 2.24) is 20.9 Å². The van der Waals surface area contributed by atoms with Gasteiger partial charge in [-0.1, -0.05) is 42.5 Å². The van der Waals surface area contributed by atoms with E-state index in [2.05, 4.69) is 20.9 Å². The molecule has 2 amide bonds. The summed E-state index contributed by atoms with van der Waals surface area (Å²) in [6.07, 6.45) is 2.67. The van der Waals surface area contributed by atoms with Crippen molar-refractivity contribution in [2.24, 2.45) is 5.73 Å². The number of nitrogen functional groups attached to an aromatic ring is 1. The van der Waals surface area contributed by atoms with Crippen LogP contribution in [-0.4, -0.2) is 42.3 Å². The van der Waals surface area contributed by atoms with Crippen LogP contribution in [0.5, 0.6) is 0 Å². The van der Waals surface area contributed by atoms with Crippen LogP contribution in [0.1, 0.15) is 16.7 Å². The molecule has 0 bridgehead atoms. The van der Waals surface area contributed by atoms with Crippen molar-refractivity contribution in [1.29, 1.82) is 5.41 Å². The Morgan fingerprint density at radius 3 is 2.47 bits per heavy atom. The summed E-state index contributed by atoms with van der Waals surface area (Å²) < 4.78 is 0. The molecular formula is C22H26N6O2. The molecule has 0 unspecified atom stereocenters. The largest absolute Gasteiger partial charge is 0.384 e. The van der Waals surface area contributed by atoms with Crippen LogP contribution in [0.3, 0.4) is 0 Å². The number of rotatable bonds is 10. The Labute approximate surface area is 174 Å². The molecule has 3 aromatic rings. The first kappa shape index (κ1) is 21.1. The standard InChI is InChI=1S/C22H26N6O2/c23-22(24)16-7-5-15(6-8-16)11-25-13-20(29)28-14-21(30)26-10-9-17-12-27-19-4-2-1-3-18(17)19/h1-8,12,25,27H,9-11,13-14H2,(H3,23,24)(H,26,30)(H,28,29). The van der Waals surface area contributed by atoms with Crippen molar-refractivity contribution in [3.05, 3.63) is 71.4 Å². The van der Waals surface area contributed by atoms with Crippen LogP contribution in [0.25, 0.3) is 10.9 Å². The predicted octanol–water partition coefficient (Wildman–Crippen LogP) is 1.02. The smallest absolute Gasteiger partial charge is 0.239 e. The van der Waals surface area contributed by atoms with E-state index in [0.717, 1.165) is 22.0 Å². The lowest BCUT2D eigenvalue weighted by atomic mass is 10.1. The van der Waals surface area contributed by atoms with Gasteiger partial charge >= 0.3 is 0 Å². The highest BCUT2D eigenvalue weighted by molar-refractivity contribution is 5.94. The van der Waals surface area contributed by atoms with Crippen LogP contribution in [0.2, 0.25) is 0 Å². The summed E-state index contributed by atoms with van der Waals surface area (Å²) in [5.74, 6) is -0.446. The highest BCUT2D eigenvalue weighted by Gasteiger charge is 2.07. The monoisotopic (exact) mass is 406 g/mol. The van der Waals surface area contributed by atoms with E-state index in [0.29, 0.717) is 25.1 Å². The van der Waals surface area contributed by atoms with Crippen molar-refractivity contribution in [2.75, 3.05) is 19.6 Å². The van der Waals surface area contributed by atoms with Gasteiger partial charge in [-0.05, 0) is 23.6 Å².